The van der Waals surface area contributed by atoms with Crippen LogP contribution in [0.15, 0.2) is 0 Å². The lowest BCUT2D eigenvalue weighted by Crippen LogP contribution is -2.52. The van der Waals surface area contributed by atoms with Gasteiger partial charge in [-0.15, -0.1) is 0 Å². The van der Waals surface area contributed by atoms with Gasteiger partial charge >= 0.3 is 65.7 Å². The Morgan fingerprint density at radius 3 is 1.00 bits per heavy atom. The van der Waals surface area contributed by atoms with E-state index in [1.54, 1.807) is 20.8 Å². The van der Waals surface area contributed by atoms with Crippen molar-refractivity contribution in [3.05, 3.63) is 0 Å². The molecule has 0 spiro atoms. The third kappa shape index (κ3) is 93.2. The number of hydrogen-bond donors (Lipinski definition) is 0. The maximum atomic E-state index is 11.1. The van der Waals surface area contributed by atoms with Gasteiger partial charge in [-0.25, -0.2) is 0 Å². The van der Waals surface area contributed by atoms with Crippen molar-refractivity contribution in [3.8, 4) is 0 Å². The number of hydrogen-bond acceptors (Lipinski definition) is 47. The van der Waals surface area contributed by atoms with E-state index in [9.17, 15) is 162 Å². The summed E-state index contributed by atoms with van der Waals surface area (Å²) in [7, 11) is 0. The molecule has 3 rings (SSSR count). The minimum atomic E-state index is -1.55. The van der Waals surface area contributed by atoms with Crippen LogP contribution in [0.25, 0.3) is 0 Å². The van der Waals surface area contributed by atoms with E-state index in [4.69, 9.17) is 18.9 Å². The number of esters is 11. The Kier molecular flexibility index (Phi) is 95.0. The van der Waals surface area contributed by atoms with Crippen LogP contribution in [0, 0.1) is 5.92 Å². The van der Waals surface area contributed by atoms with Gasteiger partial charge in [-0.2, -0.15) is 0 Å². The molecule has 2 atom stereocenters. The summed E-state index contributed by atoms with van der Waals surface area (Å²) < 4.78 is 64.3. The van der Waals surface area contributed by atoms with Gasteiger partial charge < -0.3 is 175 Å². The van der Waals surface area contributed by atoms with Crippen molar-refractivity contribution in [1.29, 1.82) is 0 Å². The maximum Gasteiger partial charge on any atom is 0.322 e. The van der Waals surface area contributed by atoms with Crippen LogP contribution in [0.1, 0.15) is 164 Å². The van der Waals surface area contributed by atoms with E-state index in [1.165, 1.54) is 20.8 Å². The highest BCUT2D eigenvalue weighted by Gasteiger charge is 2.40. The van der Waals surface area contributed by atoms with Crippen LogP contribution >= 0.6 is 175 Å². The molecule has 0 N–H and O–H groups in total. The van der Waals surface area contributed by atoms with E-state index in [1.807, 2.05) is 0 Å². The summed E-state index contributed by atoms with van der Waals surface area (Å²) in [6, 6.07) is 0. The van der Waals surface area contributed by atoms with Crippen molar-refractivity contribution in [2.45, 2.75) is 202 Å². The lowest BCUT2D eigenvalue weighted by molar-refractivity contribution is -0.327. The monoisotopic (exact) mass is 2630 g/mol. The standard InChI is InChI=1S/2C9H13BrO4.C8H13BrO5.C8H11BrO4.C7H11BrO5.C7H11BrO4.C6H9BrO5.2C6H9BrO4.2C5H7BrO4/c10-5-8(11)14-7-3-1-6(2-4-7)9(12)13;10-6-7(11)14-9(8(12)13)4-2-1-3-5-9;1-8(2,9)7(12)14-4-3-13-5-6(10)11;9-5-6(10)13-8(7(11)12)3-1-2-4-8;1-5(8)7(11)13-3-2-12-4-6(9)10;8-5-7(11)12-4-2-1-3-6(9)10;7-3-6(10)12-2-1-11-4-5(8)9;1-6(2,5(9)10)11-4(8)3-7;7-4-6(10)11-3-1-2-5(8)9;1-3(5(8)9)10-4(7)2-6;6-3-5(9)10-2-1-4(7)8/h6-7H,1-5H2,(H,12,13);1-6H2,(H,12,13);3-5H2,1-2H3,(H,10,11);1-5H2,(H,11,12);5H,2-4H2,1H3,(H,9,10);1-5H2,(H,9,10);1-4H2,(H,8,9);3H2,1-2H3,(H,9,10);1-4H2,(H,8,9);3H,2H2,1H3,(H,8,9);1-3H2,(H,7,8)/p-11. The number of rotatable bonds is 48. The Morgan fingerprint density at radius 1 is 0.358 bits per heavy atom. The fraction of sp³-hybridized carbons (Fsp3) is 0.711. The molecule has 0 aromatic heterocycles. The molecule has 0 aromatic rings. The minimum absolute atomic E-state index is 0.00931. The van der Waals surface area contributed by atoms with Gasteiger partial charge in [0.25, 0.3) is 0 Å². The van der Waals surface area contributed by atoms with E-state index in [0.717, 1.165) is 32.1 Å². The molecule has 0 amide bonds. The molecule has 0 aromatic carbocycles. The van der Waals surface area contributed by atoms with Gasteiger partial charge in [-0.1, -0.05) is 182 Å². The summed E-state index contributed by atoms with van der Waals surface area (Å²) in [5.74, 6) is -19.0. The van der Waals surface area contributed by atoms with Crippen LogP contribution in [-0.4, -0.2) is 297 Å². The summed E-state index contributed by atoms with van der Waals surface area (Å²) in [5, 5.41) is 112. The Hall–Kier alpha value is -6.50. The first-order valence-electron chi connectivity index (χ1n) is 38.7. The lowest BCUT2D eigenvalue weighted by Gasteiger charge is -2.37. The van der Waals surface area contributed by atoms with Gasteiger partial charge in [-0.05, 0) is 157 Å². The number of halogens is 11. The van der Waals surface area contributed by atoms with Crippen LogP contribution in [0.4, 0.5) is 0 Å². The molecule has 47 nitrogen and oxygen atoms in total. The van der Waals surface area contributed by atoms with Crippen LogP contribution in [0.2, 0.25) is 0 Å². The SMILES string of the molecule is CC(Br)C(=O)OCCOCC(=O)[O-].CC(C)(Br)C(=O)OCCOCC(=O)[O-].CC(C)(OC(=O)CBr)C(=O)[O-].CC(OC(=O)CBr)C(=O)[O-].O=C(CBr)OC1(C(=O)[O-])CCCC1.O=C(CBr)OC1(C(=O)[O-])CCCCC1.O=C(CBr)OC1CCC(C(=O)[O-])CC1.O=C([O-])CCCCOC(=O)CBr.O=C([O-])CCCOC(=O)CBr.O=C([O-])CCOC(=O)CBr.O=C([O-])COCCOC(=O)CBr. The quantitative estimate of drug-likeness (QED) is 0.0238. The molecule has 0 radical (unpaired) electrons. The van der Waals surface area contributed by atoms with Gasteiger partial charge in [0, 0.05) is 30.3 Å². The third-order valence-electron chi connectivity index (χ3n) is 14.5. The molecule has 134 heavy (non-hydrogen) atoms. The predicted molar refractivity (Wildman–Crippen MR) is 473 cm³/mol. The number of ether oxygens (including phenoxy) is 14. The number of carboxylic acid groups (broad SMARTS) is 11. The average Bonchev–Trinajstić information content (AvgIpc) is 1.62. The molecule has 3 fully saturated rings. The Balaban J connectivity index is -0.000000218. The molecule has 3 aliphatic carbocycles. The molecule has 776 valence electrons. The number of alkyl halides is 11. The van der Waals surface area contributed by atoms with Crippen LogP contribution in [-0.2, 0) is 172 Å². The van der Waals surface area contributed by atoms with Crippen molar-refractivity contribution in [1.82, 2.24) is 0 Å². The molecule has 3 saturated carbocycles. The summed E-state index contributed by atoms with van der Waals surface area (Å²) in [6.07, 6.45) is 7.62. The summed E-state index contributed by atoms with van der Waals surface area (Å²) in [6.45, 7) is 7.79. The van der Waals surface area contributed by atoms with Crippen molar-refractivity contribution >= 4 is 307 Å². The fourth-order valence-corrected chi connectivity index (χ4v) is 9.75. The molecule has 3 aliphatic rings. The highest BCUT2D eigenvalue weighted by molar-refractivity contribution is 9.11. The van der Waals surface area contributed by atoms with E-state index in [2.05, 4.69) is 223 Å². The number of carbonyl (C=O) groups is 22. The molecule has 2 unspecified atom stereocenters. The number of aliphatic carboxylic acids is 11. The molecular weight excluding hydrogens is 2540 g/mol. The normalized spacial score (nSPS) is 14.1. The zero-order valence-electron chi connectivity index (χ0n) is 72.9. The summed E-state index contributed by atoms with van der Waals surface area (Å²) in [4.78, 5) is 229. The van der Waals surface area contributed by atoms with Gasteiger partial charge in [0.15, 0.2) is 11.2 Å². The Labute approximate surface area is 862 Å². The van der Waals surface area contributed by atoms with Crippen molar-refractivity contribution < 1.29 is 228 Å². The molecule has 58 heteroatoms. The maximum absolute atomic E-state index is 11.1. The molecule has 0 aliphatic heterocycles. The molecular formula is C76H102Br11O47-11. The van der Waals surface area contributed by atoms with Crippen LogP contribution < -0.4 is 56.2 Å². The van der Waals surface area contributed by atoms with Gasteiger partial charge in [0.05, 0.1) is 101 Å². The first kappa shape index (κ1) is 143. The molecule has 0 saturated heterocycles. The van der Waals surface area contributed by atoms with E-state index in [-0.39, 0.29) is 161 Å². The Bertz CT molecular complexity index is 3470. The number of carbonyl (C=O) groups excluding carboxylic acids is 22. The summed E-state index contributed by atoms with van der Waals surface area (Å²) >= 11 is 32.1. The second-order valence-corrected chi connectivity index (χ2v) is 34.9. The largest absolute Gasteiger partial charge is 0.550 e. The highest BCUT2D eigenvalue weighted by atomic mass is 79.9. The summed E-state index contributed by atoms with van der Waals surface area (Å²) in [5.41, 5.74) is -4.28. The van der Waals surface area contributed by atoms with E-state index in [0.29, 0.717) is 70.6 Å². The first-order valence-corrected chi connectivity index (χ1v) is 50.5. The zero-order valence-corrected chi connectivity index (χ0v) is 90.4. The van der Waals surface area contributed by atoms with Gasteiger partial charge in [0.1, 0.15) is 94.8 Å². The smallest absolute Gasteiger partial charge is 0.322 e. The fourth-order valence-electron chi connectivity index (χ4n) is 8.24. The first-order chi connectivity index (χ1) is 62.3. The Morgan fingerprint density at radius 2 is 0.687 bits per heavy atom. The minimum Gasteiger partial charge on any atom is -0.550 e. The molecule has 0 bridgehead atoms. The predicted octanol–water partition coefficient (Wildman–Crippen LogP) is -5.28. The van der Waals surface area contributed by atoms with Gasteiger partial charge in [-0.3, -0.25) is 52.7 Å². The van der Waals surface area contributed by atoms with Crippen molar-refractivity contribution in [2.75, 3.05) is 127 Å². The third-order valence-corrected chi connectivity index (χ3v) is 19.3. The second kappa shape index (κ2) is 89.1. The topological polar surface area (TPSA) is 758 Å². The van der Waals surface area contributed by atoms with E-state index < -0.39 is 160 Å². The highest BCUT2D eigenvalue weighted by Crippen LogP contribution is 2.34. The average molecular weight is 2650 g/mol. The van der Waals surface area contributed by atoms with Gasteiger partial charge in [0.2, 0.25) is 0 Å². The zero-order chi connectivity index (χ0) is 105. The second-order valence-electron chi connectivity index (χ2n) is 26.5. The van der Waals surface area contributed by atoms with Crippen molar-refractivity contribution in [3.63, 3.8) is 0 Å². The lowest BCUT2D eigenvalue weighted by atomic mass is 9.85. The van der Waals surface area contributed by atoms with Crippen LogP contribution in [0.5, 0.6) is 0 Å². The number of unbranched alkanes of at least 4 members (excludes halogenated alkanes) is 1. The number of carboxylic acids is 11. The van der Waals surface area contributed by atoms with Crippen molar-refractivity contribution in [2.24, 2.45) is 5.92 Å². The van der Waals surface area contributed by atoms with E-state index >= 15 is 0 Å². The van der Waals surface area contributed by atoms with Crippen LogP contribution in [0.3, 0.4) is 0 Å². The molecule has 0 heterocycles.